The highest BCUT2D eigenvalue weighted by molar-refractivity contribution is 8.15. The lowest BCUT2D eigenvalue weighted by molar-refractivity contribution is -0.274. The van der Waals surface area contributed by atoms with E-state index in [1.54, 1.807) is 4.90 Å². The fraction of sp³-hybridized carbons (Fsp3) is 0.303. The van der Waals surface area contributed by atoms with Gasteiger partial charge in [-0.3, -0.25) is 9.69 Å². The Morgan fingerprint density at radius 1 is 1.07 bits per heavy atom. The number of alkyl halides is 3. The zero-order valence-corrected chi connectivity index (χ0v) is 26.6. The molecule has 240 valence electrons. The zero-order chi connectivity index (χ0) is 33.0. The van der Waals surface area contributed by atoms with Gasteiger partial charge in [0, 0.05) is 12.1 Å². The molecule has 0 spiro atoms. The largest absolute Gasteiger partial charge is 0.573 e. The predicted molar refractivity (Wildman–Crippen MR) is 173 cm³/mol. The second kappa shape index (κ2) is 13.8. The summed E-state index contributed by atoms with van der Waals surface area (Å²) in [5.41, 5.74) is 6.27. The molecule has 1 aliphatic rings. The van der Waals surface area contributed by atoms with E-state index in [4.69, 9.17) is 0 Å². The highest BCUT2D eigenvalue weighted by atomic mass is 32.2. The molecule has 5 rings (SSSR count). The highest BCUT2D eigenvalue weighted by Crippen LogP contribution is 2.33. The number of rotatable bonds is 9. The van der Waals surface area contributed by atoms with Crippen LogP contribution in [0.25, 0.3) is 17.1 Å². The Balaban J connectivity index is 1.12. The van der Waals surface area contributed by atoms with Gasteiger partial charge in [0.2, 0.25) is 5.91 Å². The Morgan fingerprint density at radius 3 is 2.39 bits per heavy atom. The number of carbonyl (C=O) groups excluding carboxylic acids is 2. The molecule has 2 heterocycles. The molecule has 1 atom stereocenters. The number of anilines is 1. The first-order valence-corrected chi connectivity index (χ1v) is 15.6. The van der Waals surface area contributed by atoms with Crippen LogP contribution in [-0.4, -0.2) is 50.5 Å². The normalized spacial score (nSPS) is 15.0. The van der Waals surface area contributed by atoms with Crippen LogP contribution in [0.2, 0.25) is 0 Å². The fourth-order valence-electron chi connectivity index (χ4n) is 5.37. The topological polar surface area (TPSA) is 102 Å². The minimum Gasteiger partial charge on any atom is -0.406 e. The smallest absolute Gasteiger partial charge is 0.406 e. The molecule has 13 heteroatoms. The van der Waals surface area contributed by atoms with E-state index in [2.05, 4.69) is 32.1 Å². The Labute approximate surface area is 268 Å². The summed E-state index contributed by atoms with van der Waals surface area (Å²) in [5.74, 6) is 0.543. The molecule has 1 aliphatic heterocycles. The van der Waals surface area contributed by atoms with E-state index in [1.807, 2.05) is 57.2 Å². The van der Waals surface area contributed by atoms with E-state index in [0.717, 1.165) is 46.3 Å². The number of benzene rings is 3. The van der Waals surface area contributed by atoms with Crippen molar-refractivity contribution in [3.8, 4) is 22.8 Å². The van der Waals surface area contributed by atoms with Crippen LogP contribution >= 0.6 is 11.8 Å². The van der Waals surface area contributed by atoms with E-state index in [9.17, 15) is 22.8 Å². The molecule has 1 N–H and O–H groups in total. The first kappa shape index (κ1) is 32.7. The third-order valence-electron chi connectivity index (χ3n) is 7.48. The molecule has 1 unspecified atom stereocenters. The fourth-order valence-corrected chi connectivity index (χ4v) is 6.22. The SMILES string of the molecule is Cc1cc(C)c(N2C(=O)CS/C2=N\C(=O)NCCCC(C)c2ccc(-c3ncn(-c4ccc(OC(F)(F)F)cc4)n3)cc2)c(C)c1. The van der Waals surface area contributed by atoms with Gasteiger partial charge in [-0.2, -0.15) is 4.99 Å². The molecule has 46 heavy (non-hydrogen) atoms. The summed E-state index contributed by atoms with van der Waals surface area (Å²) in [6.07, 6.45) is -1.68. The van der Waals surface area contributed by atoms with Crippen molar-refractivity contribution >= 4 is 34.6 Å². The van der Waals surface area contributed by atoms with Crippen molar-refractivity contribution in [2.45, 2.75) is 52.8 Å². The maximum absolute atomic E-state index is 12.7. The first-order valence-electron chi connectivity index (χ1n) is 14.7. The number of amides is 3. The Bertz CT molecular complexity index is 1730. The van der Waals surface area contributed by atoms with Crippen LogP contribution in [0.1, 0.15) is 47.9 Å². The summed E-state index contributed by atoms with van der Waals surface area (Å²) in [6, 6.07) is 16.8. The third-order valence-corrected chi connectivity index (χ3v) is 8.40. The molecule has 0 saturated carbocycles. The summed E-state index contributed by atoms with van der Waals surface area (Å²) in [5, 5.41) is 7.68. The van der Waals surface area contributed by atoms with Crippen molar-refractivity contribution in [1.82, 2.24) is 20.1 Å². The number of carbonyl (C=O) groups is 2. The van der Waals surface area contributed by atoms with E-state index < -0.39 is 12.4 Å². The molecular formula is C33H33F3N6O3S. The van der Waals surface area contributed by atoms with Crippen molar-refractivity contribution in [3.63, 3.8) is 0 Å². The van der Waals surface area contributed by atoms with Crippen LogP contribution in [0.15, 0.2) is 72.0 Å². The first-order chi connectivity index (χ1) is 21.9. The van der Waals surface area contributed by atoms with E-state index in [-0.39, 0.29) is 23.3 Å². The number of nitrogens with zero attached hydrogens (tertiary/aromatic N) is 5. The number of aliphatic imine (C=N–C) groups is 1. The number of ether oxygens (including phenoxy) is 1. The lowest BCUT2D eigenvalue weighted by Gasteiger charge is -2.21. The molecule has 1 saturated heterocycles. The number of urea groups is 1. The van der Waals surface area contributed by atoms with Crippen LogP contribution in [0.3, 0.4) is 0 Å². The molecule has 0 radical (unpaired) electrons. The minimum atomic E-state index is -4.75. The van der Waals surface area contributed by atoms with Gasteiger partial charge >= 0.3 is 12.4 Å². The monoisotopic (exact) mass is 650 g/mol. The number of nitrogens with one attached hydrogen (secondary N) is 1. The zero-order valence-electron chi connectivity index (χ0n) is 25.8. The number of amidine groups is 1. The van der Waals surface area contributed by atoms with E-state index in [1.165, 1.54) is 47.0 Å². The van der Waals surface area contributed by atoms with Crippen LogP contribution in [0.5, 0.6) is 5.75 Å². The maximum Gasteiger partial charge on any atom is 0.573 e. The van der Waals surface area contributed by atoms with Crippen LogP contribution in [0, 0.1) is 20.8 Å². The molecule has 3 aromatic carbocycles. The molecular weight excluding hydrogens is 617 g/mol. The quantitative estimate of drug-likeness (QED) is 0.189. The maximum atomic E-state index is 12.7. The number of hydrogen-bond donors (Lipinski definition) is 1. The van der Waals surface area contributed by atoms with Gasteiger partial charge in [-0.05, 0) is 80.5 Å². The van der Waals surface area contributed by atoms with Crippen molar-refractivity contribution in [3.05, 3.63) is 89.2 Å². The number of thioether (sulfide) groups is 1. The molecule has 1 aromatic heterocycles. The third kappa shape index (κ3) is 7.94. The van der Waals surface area contributed by atoms with E-state index in [0.29, 0.717) is 23.2 Å². The lowest BCUT2D eigenvalue weighted by Crippen LogP contribution is -2.32. The van der Waals surface area contributed by atoms with Crippen molar-refractivity contribution in [2.75, 3.05) is 17.2 Å². The minimum absolute atomic E-state index is 0.0938. The van der Waals surface area contributed by atoms with Crippen molar-refractivity contribution in [1.29, 1.82) is 0 Å². The average molecular weight is 651 g/mol. The summed E-state index contributed by atoms with van der Waals surface area (Å²) >= 11 is 1.26. The average Bonchev–Trinajstić information content (AvgIpc) is 3.62. The van der Waals surface area contributed by atoms with Crippen LogP contribution in [-0.2, 0) is 4.79 Å². The van der Waals surface area contributed by atoms with Crippen molar-refractivity contribution < 1.29 is 27.5 Å². The second-order valence-electron chi connectivity index (χ2n) is 11.1. The molecule has 1 fully saturated rings. The predicted octanol–water partition coefficient (Wildman–Crippen LogP) is 7.49. The van der Waals surface area contributed by atoms with Crippen LogP contribution in [0.4, 0.5) is 23.7 Å². The van der Waals surface area contributed by atoms with Gasteiger partial charge in [-0.1, -0.05) is 60.6 Å². The molecule has 4 aromatic rings. The standard InChI is InChI=1S/C33H33F3N6O3S/c1-20-16-22(3)29(23(4)17-20)42-28(43)18-46-32(42)39-31(44)37-15-5-6-21(2)24-7-9-25(10-8-24)30-38-19-41(40-30)26-11-13-27(14-12-26)45-33(34,35)36/h7-14,16-17,19,21H,5-6,15,18H2,1-4H3,(H,37,44)/b39-32-. The van der Waals surface area contributed by atoms with Gasteiger partial charge in [0.05, 0.1) is 17.1 Å². The number of hydrogen-bond acceptors (Lipinski definition) is 6. The van der Waals surface area contributed by atoms with E-state index >= 15 is 0 Å². The summed E-state index contributed by atoms with van der Waals surface area (Å²) in [4.78, 5) is 35.4. The molecule has 3 amide bonds. The highest BCUT2D eigenvalue weighted by Gasteiger charge is 2.33. The molecule has 0 bridgehead atoms. The van der Waals surface area contributed by atoms with Gasteiger partial charge in [0.15, 0.2) is 11.0 Å². The summed E-state index contributed by atoms with van der Waals surface area (Å²) in [7, 11) is 0. The van der Waals surface area contributed by atoms with Gasteiger partial charge in [-0.25, -0.2) is 14.5 Å². The molecule has 0 aliphatic carbocycles. The lowest BCUT2D eigenvalue weighted by atomic mass is 9.95. The van der Waals surface area contributed by atoms with Crippen molar-refractivity contribution in [2.24, 2.45) is 4.99 Å². The van der Waals surface area contributed by atoms with Gasteiger partial charge in [0.1, 0.15) is 12.1 Å². The van der Waals surface area contributed by atoms with Gasteiger partial charge in [0.25, 0.3) is 0 Å². The Kier molecular flexibility index (Phi) is 9.80. The number of aromatic nitrogens is 3. The summed E-state index contributed by atoms with van der Waals surface area (Å²) < 4.78 is 42.6. The van der Waals surface area contributed by atoms with Gasteiger partial charge < -0.3 is 10.1 Å². The second-order valence-corrected chi connectivity index (χ2v) is 12.1. The Morgan fingerprint density at radius 2 is 1.74 bits per heavy atom. The van der Waals surface area contributed by atoms with Crippen LogP contribution < -0.4 is 15.0 Å². The number of aryl methyl sites for hydroxylation is 3. The molecule has 9 nitrogen and oxygen atoms in total. The Hall–Kier alpha value is -4.65. The summed E-state index contributed by atoms with van der Waals surface area (Å²) in [6.45, 7) is 8.47. The number of halogens is 3. The van der Waals surface area contributed by atoms with Gasteiger partial charge in [-0.15, -0.1) is 18.3 Å².